The normalized spacial score (nSPS) is 35.7. The molecule has 1 aliphatic heterocycles. The van der Waals surface area contributed by atoms with Gasteiger partial charge in [0.25, 0.3) is 0 Å². The second-order valence-electron chi connectivity index (χ2n) is 5.18. The summed E-state index contributed by atoms with van der Waals surface area (Å²) >= 11 is 0. The van der Waals surface area contributed by atoms with Crippen LogP contribution in [-0.2, 0) is 10.0 Å². The SMILES string of the molecule is CC1CCCC1CNS(=O)(=O)C1CCNC1. The van der Waals surface area contributed by atoms with Crippen molar-refractivity contribution in [3.8, 4) is 0 Å². The second-order valence-corrected chi connectivity index (χ2v) is 7.22. The molecule has 1 saturated heterocycles. The zero-order valence-corrected chi connectivity index (χ0v) is 10.7. The van der Waals surface area contributed by atoms with Crippen molar-refractivity contribution in [2.24, 2.45) is 11.8 Å². The molecule has 2 rings (SSSR count). The highest BCUT2D eigenvalue weighted by Gasteiger charge is 2.30. The van der Waals surface area contributed by atoms with Gasteiger partial charge >= 0.3 is 0 Å². The highest BCUT2D eigenvalue weighted by molar-refractivity contribution is 7.90. The molecule has 1 aliphatic carbocycles. The minimum absolute atomic E-state index is 0.218. The van der Waals surface area contributed by atoms with E-state index in [2.05, 4.69) is 17.0 Å². The molecule has 4 nitrogen and oxygen atoms in total. The molecule has 0 radical (unpaired) electrons. The summed E-state index contributed by atoms with van der Waals surface area (Å²) in [5.41, 5.74) is 0. The van der Waals surface area contributed by atoms with E-state index in [0.717, 1.165) is 13.0 Å². The Morgan fingerprint density at radius 3 is 2.69 bits per heavy atom. The van der Waals surface area contributed by atoms with E-state index < -0.39 is 10.0 Å². The Labute approximate surface area is 98.2 Å². The highest BCUT2D eigenvalue weighted by Crippen LogP contribution is 2.30. The molecule has 16 heavy (non-hydrogen) atoms. The van der Waals surface area contributed by atoms with Gasteiger partial charge in [0.2, 0.25) is 10.0 Å². The summed E-state index contributed by atoms with van der Waals surface area (Å²) in [4.78, 5) is 0. The fraction of sp³-hybridized carbons (Fsp3) is 1.00. The van der Waals surface area contributed by atoms with E-state index in [0.29, 0.717) is 24.9 Å². The lowest BCUT2D eigenvalue weighted by Crippen LogP contribution is -2.38. The van der Waals surface area contributed by atoms with Gasteiger partial charge in [-0.25, -0.2) is 13.1 Å². The fourth-order valence-corrected chi connectivity index (χ4v) is 4.21. The average Bonchev–Trinajstić information content (AvgIpc) is 2.85. The van der Waals surface area contributed by atoms with E-state index in [4.69, 9.17) is 0 Å². The monoisotopic (exact) mass is 246 g/mol. The van der Waals surface area contributed by atoms with Crippen LogP contribution in [0.15, 0.2) is 0 Å². The Balaban J connectivity index is 1.84. The first-order chi connectivity index (χ1) is 7.59. The molecule has 2 N–H and O–H groups in total. The van der Waals surface area contributed by atoms with Gasteiger partial charge in [-0.2, -0.15) is 0 Å². The summed E-state index contributed by atoms with van der Waals surface area (Å²) in [7, 11) is -3.08. The van der Waals surface area contributed by atoms with Crippen LogP contribution in [0.3, 0.4) is 0 Å². The zero-order chi connectivity index (χ0) is 11.6. The summed E-state index contributed by atoms with van der Waals surface area (Å²) in [5, 5.41) is 2.88. The van der Waals surface area contributed by atoms with Crippen LogP contribution in [0.4, 0.5) is 0 Å². The Hall–Kier alpha value is -0.130. The van der Waals surface area contributed by atoms with Crippen LogP contribution in [-0.4, -0.2) is 33.3 Å². The summed E-state index contributed by atoms with van der Waals surface area (Å²) < 4.78 is 26.7. The van der Waals surface area contributed by atoms with Crippen LogP contribution < -0.4 is 10.0 Å². The molecule has 2 aliphatic rings. The maximum atomic E-state index is 11.9. The summed E-state index contributed by atoms with van der Waals surface area (Å²) in [6, 6.07) is 0. The first kappa shape index (κ1) is 12.3. The second kappa shape index (κ2) is 5.02. The quantitative estimate of drug-likeness (QED) is 0.768. The van der Waals surface area contributed by atoms with Gasteiger partial charge in [-0.1, -0.05) is 19.8 Å². The van der Waals surface area contributed by atoms with Crippen molar-refractivity contribution in [2.45, 2.75) is 37.9 Å². The Morgan fingerprint density at radius 2 is 2.12 bits per heavy atom. The van der Waals surface area contributed by atoms with Crippen LogP contribution in [0.2, 0.25) is 0 Å². The molecule has 0 aromatic rings. The van der Waals surface area contributed by atoms with E-state index in [1.165, 1.54) is 19.3 Å². The molecular formula is C11H22N2O2S. The molecule has 0 aromatic heterocycles. The lowest BCUT2D eigenvalue weighted by molar-refractivity contribution is 0.413. The predicted molar refractivity (Wildman–Crippen MR) is 64.7 cm³/mol. The summed E-state index contributed by atoms with van der Waals surface area (Å²) in [6.07, 6.45) is 4.41. The van der Waals surface area contributed by atoms with Crippen LogP contribution in [0, 0.1) is 11.8 Å². The van der Waals surface area contributed by atoms with Crippen molar-refractivity contribution in [2.75, 3.05) is 19.6 Å². The zero-order valence-electron chi connectivity index (χ0n) is 9.91. The van der Waals surface area contributed by atoms with Crippen molar-refractivity contribution in [3.05, 3.63) is 0 Å². The molecule has 3 atom stereocenters. The number of hydrogen-bond donors (Lipinski definition) is 2. The Bertz CT molecular complexity index is 323. The molecule has 94 valence electrons. The topological polar surface area (TPSA) is 58.2 Å². The highest BCUT2D eigenvalue weighted by atomic mass is 32.2. The lowest BCUT2D eigenvalue weighted by Gasteiger charge is -2.18. The molecule has 5 heteroatoms. The van der Waals surface area contributed by atoms with Crippen LogP contribution in [0.1, 0.15) is 32.6 Å². The predicted octanol–water partition coefficient (Wildman–Crippen LogP) is 0.704. The first-order valence-corrected chi connectivity index (χ1v) is 7.83. The van der Waals surface area contributed by atoms with Crippen molar-refractivity contribution in [1.82, 2.24) is 10.0 Å². The summed E-state index contributed by atoms with van der Waals surface area (Å²) in [5.74, 6) is 1.22. The van der Waals surface area contributed by atoms with Crippen molar-refractivity contribution >= 4 is 10.0 Å². The van der Waals surface area contributed by atoms with Gasteiger partial charge in [0.1, 0.15) is 0 Å². The van der Waals surface area contributed by atoms with Gasteiger partial charge in [-0.05, 0) is 31.2 Å². The average molecular weight is 246 g/mol. The molecule has 0 amide bonds. The van der Waals surface area contributed by atoms with Crippen LogP contribution in [0.25, 0.3) is 0 Å². The minimum atomic E-state index is -3.08. The van der Waals surface area contributed by atoms with Gasteiger partial charge in [-0.15, -0.1) is 0 Å². The van der Waals surface area contributed by atoms with E-state index in [9.17, 15) is 8.42 Å². The number of nitrogens with one attached hydrogen (secondary N) is 2. The first-order valence-electron chi connectivity index (χ1n) is 6.29. The molecule has 1 heterocycles. The Kier molecular flexibility index (Phi) is 3.87. The molecule has 2 fully saturated rings. The van der Waals surface area contributed by atoms with E-state index in [1.54, 1.807) is 0 Å². The van der Waals surface area contributed by atoms with Gasteiger partial charge in [0.15, 0.2) is 0 Å². The number of rotatable bonds is 4. The molecule has 1 saturated carbocycles. The van der Waals surface area contributed by atoms with Crippen molar-refractivity contribution in [3.63, 3.8) is 0 Å². The van der Waals surface area contributed by atoms with Gasteiger partial charge in [0.05, 0.1) is 5.25 Å². The van der Waals surface area contributed by atoms with Crippen molar-refractivity contribution in [1.29, 1.82) is 0 Å². The standard InChI is InChI=1S/C11H22N2O2S/c1-9-3-2-4-10(9)7-13-16(14,15)11-5-6-12-8-11/h9-13H,2-8H2,1H3. The smallest absolute Gasteiger partial charge is 0.215 e. The van der Waals surface area contributed by atoms with Crippen LogP contribution in [0.5, 0.6) is 0 Å². The maximum absolute atomic E-state index is 11.9. The largest absolute Gasteiger partial charge is 0.315 e. The molecule has 0 spiro atoms. The van der Waals surface area contributed by atoms with Gasteiger partial charge < -0.3 is 5.32 Å². The minimum Gasteiger partial charge on any atom is -0.315 e. The van der Waals surface area contributed by atoms with Gasteiger partial charge in [0, 0.05) is 13.1 Å². The van der Waals surface area contributed by atoms with Gasteiger partial charge in [-0.3, -0.25) is 0 Å². The third kappa shape index (κ3) is 2.76. The maximum Gasteiger partial charge on any atom is 0.215 e. The van der Waals surface area contributed by atoms with E-state index in [1.807, 2.05) is 0 Å². The van der Waals surface area contributed by atoms with Crippen molar-refractivity contribution < 1.29 is 8.42 Å². The third-order valence-corrected chi connectivity index (χ3v) is 5.89. The molecular weight excluding hydrogens is 224 g/mol. The molecule has 3 unspecified atom stereocenters. The molecule has 0 bridgehead atoms. The lowest BCUT2D eigenvalue weighted by atomic mass is 9.99. The molecule has 0 aromatic carbocycles. The van der Waals surface area contributed by atoms with E-state index in [-0.39, 0.29) is 5.25 Å². The number of sulfonamides is 1. The summed E-state index contributed by atoms with van der Waals surface area (Å²) in [6.45, 7) is 4.30. The van der Waals surface area contributed by atoms with E-state index >= 15 is 0 Å². The fourth-order valence-electron chi connectivity index (χ4n) is 2.76. The number of hydrogen-bond acceptors (Lipinski definition) is 3. The van der Waals surface area contributed by atoms with Crippen LogP contribution >= 0.6 is 0 Å². The third-order valence-electron chi connectivity index (χ3n) is 4.04. The Morgan fingerprint density at radius 1 is 1.31 bits per heavy atom.